The Morgan fingerprint density at radius 3 is 1.91 bits per heavy atom. The molecule has 1 aliphatic rings. The number of rotatable bonds is 20. The largest absolute Gasteiger partial charge is 0.489 e. The number of aryl methyl sites for hydroxylation is 1. The van der Waals surface area contributed by atoms with Crippen molar-refractivity contribution >= 4 is 28.7 Å². The van der Waals surface area contributed by atoms with Crippen LogP contribution in [0.25, 0.3) is 10.8 Å². The number of ether oxygens (including phenoxy) is 6. The molecule has 1 aliphatic heterocycles. The average molecular weight is 880 g/mol. The summed E-state index contributed by atoms with van der Waals surface area (Å²) in [6.07, 6.45) is 0.596. The van der Waals surface area contributed by atoms with Gasteiger partial charge in [-0.05, 0) is 38.1 Å². The Morgan fingerprint density at radius 1 is 0.679 bits per heavy atom. The van der Waals surface area contributed by atoms with Crippen molar-refractivity contribution in [1.29, 1.82) is 0 Å². The normalized spacial score (nSPS) is 15.8. The van der Waals surface area contributed by atoms with Crippen molar-refractivity contribution < 1.29 is 64.0 Å². The van der Waals surface area contributed by atoms with Crippen molar-refractivity contribution in [2.75, 3.05) is 46.2 Å². The van der Waals surface area contributed by atoms with Crippen LogP contribution in [-0.4, -0.2) is 64.2 Å². The molecule has 9 nitrogen and oxygen atoms in total. The van der Waals surface area contributed by atoms with Gasteiger partial charge < -0.3 is 18.9 Å². The predicted molar refractivity (Wildman–Crippen MR) is 211 cm³/mol. The molecule has 302 valence electrons. The third kappa shape index (κ3) is 11.5. The predicted octanol–water partition coefficient (Wildman–Crippen LogP) is 5.63. The standard InChI is InChI=1S/C46H56IO9/c1-8-45(6,41(49)55-27-25-53-39-15-11-13-34-12-9-10-14-38(34)39)29-46(7,42(50)56-32-44(5)30-51-31-44)28-43(3,4)40(48)54-26-24-52-37-22-20-36(21-23-37)47-35-18-16-33(2)17-19-35/h9-23H,8,24-32H2,1-7H3/q-1. The summed E-state index contributed by atoms with van der Waals surface area (Å²) in [4.78, 5) is 41.4. The molecule has 10 heteroatoms. The van der Waals surface area contributed by atoms with Gasteiger partial charge in [-0.3, -0.25) is 9.59 Å². The fourth-order valence-electron chi connectivity index (χ4n) is 6.99. The first-order valence-electron chi connectivity index (χ1n) is 19.3. The first-order valence-corrected chi connectivity index (χ1v) is 21.4. The van der Waals surface area contributed by atoms with Crippen molar-refractivity contribution in [2.24, 2.45) is 21.7 Å². The van der Waals surface area contributed by atoms with Gasteiger partial charge in [-0.15, -0.1) is 0 Å². The maximum atomic E-state index is 14.0. The van der Waals surface area contributed by atoms with Gasteiger partial charge in [0.05, 0.1) is 18.6 Å². The molecule has 1 fully saturated rings. The van der Waals surface area contributed by atoms with Gasteiger partial charge in [0.25, 0.3) is 0 Å². The molecule has 5 rings (SSSR count). The van der Waals surface area contributed by atoms with Crippen LogP contribution in [0.1, 0.15) is 66.4 Å². The Labute approximate surface area is 342 Å². The van der Waals surface area contributed by atoms with Gasteiger partial charge >= 0.3 is 172 Å². The van der Waals surface area contributed by atoms with Crippen molar-refractivity contribution in [1.82, 2.24) is 0 Å². The molecule has 0 aliphatic carbocycles. The van der Waals surface area contributed by atoms with Crippen molar-refractivity contribution in [3.05, 3.63) is 104 Å². The second-order valence-electron chi connectivity index (χ2n) is 16.4. The molecule has 1 saturated heterocycles. The molecule has 0 amide bonds. The maximum absolute atomic E-state index is 14.0. The van der Waals surface area contributed by atoms with Gasteiger partial charge in [-0.1, -0.05) is 50.2 Å². The van der Waals surface area contributed by atoms with E-state index in [-0.39, 0.29) is 72.5 Å². The van der Waals surface area contributed by atoms with Gasteiger partial charge in [0, 0.05) is 10.8 Å². The molecule has 0 saturated carbocycles. The number of halogens is 1. The van der Waals surface area contributed by atoms with E-state index >= 15 is 0 Å². The Kier molecular flexibility index (Phi) is 14.5. The first kappa shape index (κ1) is 43.0. The van der Waals surface area contributed by atoms with E-state index in [2.05, 4.69) is 43.3 Å². The van der Waals surface area contributed by atoms with Crippen LogP contribution in [0.15, 0.2) is 91.0 Å². The molecule has 4 aromatic rings. The van der Waals surface area contributed by atoms with Crippen LogP contribution in [0.5, 0.6) is 11.5 Å². The van der Waals surface area contributed by atoms with Gasteiger partial charge in [-0.25, -0.2) is 0 Å². The fraction of sp³-hybridized carbons (Fsp3) is 0.457. The number of hydrogen-bond donors (Lipinski definition) is 0. The monoisotopic (exact) mass is 879 g/mol. The molecule has 1 heterocycles. The van der Waals surface area contributed by atoms with E-state index < -0.39 is 34.2 Å². The summed E-state index contributed by atoms with van der Waals surface area (Å²) in [6, 6.07) is 30.4. The third-order valence-electron chi connectivity index (χ3n) is 10.3. The van der Waals surface area contributed by atoms with Crippen LogP contribution in [0, 0.1) is 35.7 Å². The summed E-state index contributed by atoms with van der Waals surface area (Å²) in [7, 11) is 0. The van der Waals surface area contributed by atoms with E-state index in [1.807, 2.05) is 68.4 Å². The van der Waals surface area contributed by atoms with Gasteiger partial charge in [0.1, 0.15) is 25.6 Å². The minimum Gasteiger partial charge on any atom is -0.489 e. The Morgan fingerprint density at radius 2 is 1.27 bits per heavy atom. The molecule has 0 N–H and O–H groups in total. The number of carbonyl (C=O) groups excluding carboxylic acids is 3. The second kappa shape index (κ2) is 18.9. The SMILES string of the molecule is CCC(C)(CC(C)(CC(C)(C)C(=O)OCCOc1ccc([I-]c2ccc(C)cc2)cc1)C(=O)OCC1(C)COC1)C(=O)OCCOc1cccc2ccccc12. The molecule has 2 unspecified atom stereocenters. The summed E-state index contributed by atoms with van der Waals surface area (Å²) in [5, 5.41) is 2.03. The van der Waals surface area contributed by atoms with Crippen LogP contribution in [0.3, 0.4) is 0 Å². The van der Waals surface area contributed by atoms with Crippen molar-refractivity contribution in [2.45, 2.75) is 67.7 Å². The summed E-state index contributed by atoms with van der Waals surface area (Å²) >= 11 is -0.286. The fourth-order valence-corrected chi connectivity index (χ4v) is 9.15. The Bertz CT molecular complexity index is 1930. The summed E-state index contributed by atoms with van der Waals surface area (Å²) < 4.78 is 37.3. The van der Waals surface area contributed by atoms with Crippen LogP contribution in [0.2, 0.25) is 0 Å². The average Bonchev–Trinajstić information content (AvgIpc) is 3.17. The quantitative estimate of drug-likeness (QED) is 0.0484. The molecule has 0 spiro atoms. The summed E-state index contributed by atoms with van der Waals surface area (Å²) in [5.74, 6) is 0.0216. The number of carbonyl (C=O) groups is 3. The minimum atomic E-state index is -1.23. The third-order valence-corrected chi connectivity index (χ3v) is 13.0. The van der Waals surface area contributed by atoms with E-state index in [9.17, 15) is 14.4 Å². The Hall–Kier alpha value is -4.16. The van der Waals surface area contributed by atoms with Gasteiger partial charge in [0.2, 0.25) is 0 Å². The molecular weight excluding hydrogens is 823 g/mol. The molecular formula is C46H56IO9-. The zero-order chi connectivity index (χ0) is 40.4. The van der Waals surface area contributed by atoms with Crippen LogP contribution in [-0.2, 0) is 33.3 Å². The number of hydrogen-bond acceptors (Lipinski definition) is 9. The number of fused-ring (bicyclic) bond motifs is 1. The van der Waals surface area contributed by atoms with E-state index in [0.717, 1.165) is 10.8 Å². The van der Waals surface area contributed by atoms with E-state index in [1.165, 1.54) is 12.7 Å². The smallest absolute Gasteiger partial charge is 0.311 e. The zero-order valence-electron chi connectivity index (χ0n) is 33.8. The topological polar surface area (TPSA) is 107 Å². The van der Waals surface area contributed by atoms with Crippen molar-refractivity contribution in [3.8, 4) is 11.5 Å². The molecule has 0 radical (unpaired) electrons. The maximum Gasteiger partial charge on any atom is 0.311 e. The molecule has 0 aromatic heterocycles. The number of esters is 3. The van der Waals surface area contributed by atoms with Crippen molar-refractivity contribution in [3.63, 3.8) is 0 Å². The molecule has 0 bridgehead atoms. The summed E-state index contributed by atoms with van der Waals surface area (Å²) in [6.45, 7) is 14.7. The van der Waals surface area contributed by atoms with Crippen LogP contribution in [0.4, 0.5) is 0 Å². The second-order valence-corrected chi connectivity index (χ2v) is 19.4. The minimum absolute atomic E-state index is 0.0377. The molecule has 4 aromatic carbocycles. The Balaban J connectivity index is 1.17. The first-order chi connectivity index (χ1) is 26.6. The zero-order valence-corrected chi connectivity index (χ0v) is 35.9. The molecule has 56 heavy (non-hydrogen) atoms. The van der Waals surface area contributed by atoms with Gasteiger partial charge in [0.15, 0.2) is 0 Å². The van der Waals surface area contributed by atoms with Crippen LogP contribution < -0.4 is 30.7 Å². The van der Waals surface area contributed by atoms with Crippen LogP contribution >= 0.6 is 0 Å². The van der Waals surface area contributed by atoms with Gasteiger partial charge in [-0.2, -0.15) is 0 Å². The summed E-state index contributed by atoms with van der Waals surface area (Å²) in [5.41, 5.74) is -2.40. The molecule has 2 atom stereocenters. The number of benzene rings is 4. The van der Waals surface area contributed by atoms with E-state index in [0.29, 0.717) is 31.1 Å². The van der Waals surface area contributed by atoms with E-state index in [4.69, 9.17) is 28.4 Å². The van der Waals surface area contributed by atoms with E-state index in [1.54, 1.807) is 27.7 Å².